The number of anilines is 1. The average molecular weight is 486 g/mol. The highest BCUT2D eigenvalue weighted by atomic mass is 35.5. The molecule has 3 aromatic rings. The first-order valence-electron chi connectivity index (χ1n) is 9.70. The molecule has 176 valence electrons. The number of hydrogen-bond donors (Lipinski definition) is 4. The van der Waals surface area contributed by atoms with Crippen molar-refractivity contribution in [3.63, 3.8) is 0 Å². The lowest BCUT2D eigenvalue weighted by Gasteiger charge is -2.17. The van der Waals surface area contributed by atoms with Gasteiger partial charge in [-0.25, -0.2) is 14.4 Å². The molecule has 0 aliphatic rings. The maximum atomic E-state index is 14.5. The smallest absolute Gasteiger partial charge is 0.394 e. The van der Waals surface area contributed by atoms with Crippen LogP contribution in [0.1, 0.15) is 33.4 Å². The summed E-state index contributed by atoms with van der Waals surface area (Å²) in [7, 11) is 0. The van der Waals surface area contributed by atoms with Gasteiger partial charge in [0.1, 0.15) is 17.9 Å². The lowest BCUT2D eigenvalue weighted by atomic mass is 10.0. The standard InChI is InChI=1S/C21H20ClF4N5O2/c1-10-16(18-14(23)7-27-20(31-18)28-9-21(24,25)26)11(2)29-17(10)19(33)30-15(8-32)12-4-3-5-13(22)6-12/h3-7,15,29,32H,8-9H2,1-2H3,(H,30,33)(H,27,28,31)/t15-/m1/s1. The van der Waals surface area contributed by atoms with Crippen LogP contribution in [0.4, 0.5) is 23.5 Å². The van der Waals surface area contributed by atoms with E-state index in [1.807, 2.05) is 5.32 Å². The number of benzene rings is 1. The molecule has 1 atom stereocenters. The minimum atomic E-state index is -4.50. The lowest BCUT2D eigenvalue weighted by molar-refractivity contribution is -0.115. The molecule has 2 aromatic heterocycles. The van der Waals surface area contributed by atoms with Crippen molar-refractivity contribution in [3.8, 4) is 11.3 Å². The molecule has 1 aromatic carbocycles. The van der Waals surface area contributed by atoms with Crippen LogP contribution in [0, 0.1) is 19.7 Å². The molecule has 0 unspecified atom stereocenters. The van der Waals surface area contributed by atoms with Gasteiger partial charge in [-0.05, 0) is 37.1 Å². The maximum absolute atomic E-state index is 14.5. The fourth-order valence-electron chi connectivity index (χ4n) is 3.33. The van der Waals surface area contributed by atoms with Crippen LogP contribution in [0.15, 0.2) is 30.5 Å². The Labute approximate surface area is 191 Å². The number of nitrogens with zero attached hydrogens (tertiary/aromatic N) is 2. The van der Waals surface area contributed by atoms with Crippen LogP contribution in [-0.2, 0) is 0 Å². The van der Waals surface area contributed by atoms with Crippen molar-refractivity contribution in [1.82, 2.24) is 20.3 Å². The van der Waals surface area contributed by atoms with Crippen molar-refractivity contribution < 1.29 is 27.5 Å². The number of halogens is 5. The third-order valence-corrected chi connectivity index (χ3v) is 5.07. The predicted octanol–water partition coefficient (Wildman–Crippen LogP) is 4.32. The molecule has 2 heterocycles. The van der Waals surface area contributed by atoms with Crippen LogP contribution in [0.5, 0.6) is 0 Å². The molecule has 7 nitrogen and oxygen atoms in total. The number of H-pyrrole nitrogens is 1. The second kappa shape index (κ2) is 9.75. The number of nitrogens with one attached hydrogen (secondary N) is 3. The van der Waals surface area contributed by atoms with Gasteiger partial charge in [0.25, 0.3) is 5.91 Å². The first-order valence-corrected chi connectivity index (χ1v) is 10.1. The summed E-state index contributed by atoms with van der Waals surface area (Å²) in [6, 6.07) is 5.87. The van der Waals surface area contributed by atoms with E-state index in [0.717, 1.165) is 6.20 Å². The Hall–Kier alpha value is -3.18. The summed E-state index contributed by atoms with van der Waals surface area (Å²) in [5, 5.41) is 14.8. The zero-order chi connectivity index (χ0) is 24.3. The quantitative estimate of drug-likeness (QED) is 0.373. The second-order valence-corrected chi connectivity index (χ2v) is 7.68. The highest BCUT2D eigenvalue weighted by Crippen LogP contribution is 2.31. The normalized spacial score (nSPS) is 12.5. The number of carbonyl (C=O) groups is 1. The van der Waals surface area contributed by atoms with Gasteiger partial charge in [0.2, 0.25) is 5.95 Å². The van der Waals surface area contributed by atoms with Gasteiger partial charge < -0.3 is 20.7 Å². The van der Waals surface area contributed by atoms with E-state index >= 15 is 0 Å². The number of carbonyl (C=O) groups excluding carboxylic acids is 1. The van der Waals surface area contributed by atoms with Gasteiger partial charge in [-0.1, -0.05) is 23.7 Å². The molecular weight excluding hydrogens is 466 g/mol. The summed E-state index contributed by atoms with van der Waals surface area (Å²) in [6.07, 6.45) is -3.75. The number of hydrogen-bond acceptors (Lipinski definition) is 5. The van der Waals surface area contributed by atoms with E-state index in [0.29, 0.717) is 21.8 Å². The van der Waals surface area contributed by atoms with E-state index in [9.17, 15) is 27.5 Å². The van der Waals surface area contributed by atoms with Crippen LogP contribution >= 0.6 is 11.6 Å². The highest BCUT2D eigenvalue weighted by Gasteiger charge is 2.28. The molecule has 12 heteroatoms. The minimum Gasteiger partial charge on any atom is -0.394 e. The molecule has 0 saturated carbocycles. The Morgan fingerprint density at radius 2 is 2.03 bits per heavy atom. The molecular formula is C21H20ClF4N5O2. The number of aliphatic hydroxyl groups excluding tert-OH is 1. The Morgan fingerprint density at radius 3 is 2.67 bits per heavy atom. The van der Waals surface area contributed by atoms with Gasteiger partial charge in [-0.2, -0.15) is 13.2 Å². The van der Waals surface area contributed by atoms with E-state index in [1.54, 1.807) is 38.1 Å². The molecule has 0 aliphatic heterocycles. The third-order valence-electron chi connectivity index (χ3n) is 4.83. The van der Waals surface area contributed by atoms with E-state index in [2.05, 4.69) is 20.3 Å². The first-order chi connectivity index (χ1) is 15.5. The van der Waals surface area contributed by atoms with Gasteiger partial charge in [-0.15, -0.1) is 0 Å². The van der Waals surface area contributed by atoms with Gasteiger partial charge in [-0.3, -0.25) is 4.79 Å². The molecule has 3 rings (SSSR count). The van der Waals surface area contributed by atoms with E-state index in [1.165, 1.54) is 0 Å². The number of alkyl halides is 3. The third kappa shape index (κ3) is 5.79. The maximum Gasteiger partial charge on any atom is 0.405 e. The SMILES string of the molecule is Cc1[nH]c(C(=O)N[C@H](CO)c2cccc(Cl)c2)c(C)c1-c1nc(NCC(F)(F)F)ncc1F. The molecule has 4 N–H and O–H groups in total. The Balaban J connectivity index is 1.90. The number of amides is 1. The first kappa shape index (κ1) is 24.5. The van der Waals surface area contributed by atoms with Crippen LogP contribution < -0.4 is 10.6 Å². The van der Waals surface area contributed by atoms with Crippen molar-refractivity contribution in [2.24, 2.45) is 0 Å². The zero-order valence-electron chi connectivity index (χ0n) is 17.5. The van der Waals surface area contributed by atoms with Crippen LogP contribution in [0.3, 0.4) is 0 Å². The fourth-order valence-corrected chi connectivity index (χ4v) is 3.53. The Bertz CT molecular complexity index is 1170. The van der Waals surface area contributed by atoms with Crippen molar-refractivity contribution in [2.75, 3.05) is 18.5 Å². The van der Waals surface area contributed by atoms with E-state index in [4.69, 9.17) is 11.6 Å². The number of aryl methyl sites for hydroxylation is 1. The lowest BCUT2D eigenvalue weighted by Crippen LogP contribution is -2.31. The predicted molar refractivity (Wildman–Crippen MR) is 115 cm³/mol. The Kier molecular flexibility index (Phi) is 7.23. The zero-order valence-corrected chi connectivity index (χ0v) is 18.3. The summed E-state index contributed by atoms with van der Waals surface area (Å²) in [5.74, 6) is -1.85. The van der Waals surface area contributed by atoms with Crippen LogP contribution in [0.2, 0.25) is 5.02 Å². The van der Waals surface area contributed by atoms with E-state index < -0.39 is 43.0 Å². The molecule has 0 radical (unpaired) electrons. The van der Waals surface area contributed by atoms with Crippen molar-refractivity contribution in [3.05, 3.63) is 63.8 Å². The molecule has 0 aliphatic carbocycles. The summed E-state index contributed by atoms with van der Waals surface area (Å²) in [4.78, 5) is 23.2. The highest BCUT2D eigenvalue weighted by molar-refractivity contribution is 6.30. The average Bonchev–Trinajstić information content (AvgIpc) is 3.04. The number of aliphatic hydroxyl groups is 1. The number of aromatic nitrogens is 3. The molecule has 1 amide bonds. The second-order valence-electron chi connectivity index (χ2n) is 7.25. The Morgan fingerprint density at radius 1 is 1.30 bits per heavy atom. The van der Waals surface area contributed by atoms with Gasteiger partial charge in [0.15, 0.2) is 5.82 Å². The fraction of sp³-hybridized carbons (Fsp3) is 0.286. The number of rotatable bonds is 7. The monoisotopic (exact) mass is 485 g/mol. The summed E-state index contributed by atoms with van der Waals surface area (Å²) >= 11 is 5.98. The largest absolute Gasteiger partial charge is 0.405 e. The van der Waals surface area contributed by atoms with Crippen LogP contribution in [-0.4, -0.2) is 45.3 Å². The number of aromatic amines is 1. The molecule has 0 bridgehead atoms. The molecule has 0 fully saturated rings. The molecule has 0 spiro atoms. The summed E-state index contributed by atoms with van der Waals surface area (Å²) < 4.78 is 51.9. The van der Waals surface area contributed by atoms with Crippen molar-refractivity contribution >= 4 is 23.5 Å². The molecule has 33 heavy (non-hydrogen) atoms. The summed E-state index contributed by atoms with van der Waals surface area (Å²) in [5.41, 5.74) is 1.34. The van der Waals surface area contributed by atoms with Crippen molar-refractivity contribution in [1.29, 1.82) is 0 Å². The summed E-state index contributed by atoms with van der Waals surface area (Å²) in [6.45, 7) is 1.34. The topological polar surface area (TPSA) is 103 Å². The minimum absolute atomic E-state index is 0.0887. The van der Waals surface area contributed by atoms with Crippen LogP contribution in [0.25, 0.3) is 11.3 Å². The van der Waals surface area contributed by atoms with Crippen molar-refractivity contribution in [2.45, 2.75) is 26.1 Å². The van der Waals surface area contributed by atoms with Gasteiger partial charge >= 0.3 is 6.18 Å². The van der Waals surface area contributed by atoms with Gasteiger partial charge in [0, 0.05) is 16.3 Å². The molecule has 0 saturated heterocycles. The van der Waals surface area contributed by atoms with E-state index in [-0.39, 0.29) is 17.0 Å². The van der Waals surface area contributed by atoms with Gasteiger partial charge in [0.05, 0.1) is 18.8 Å².